The van der Waals surface area contributed by atoms with E-state index in [0.717, 1.165) is 5.56 Å². The van der Waals surface area contributed by atoms with Gasteiger partial charge >= 0.3 is 0 Å². The minimum Gasteiger partial charge on any atom is -0.488 e. The van der Waals surface area contributed by atoms with Crippen LogP contribution in [0.1, 0.15) is 23.1 Å². The van der Waals surface area contributed by atoms with Crippen molar-refractivity contribution < 1.29 is 18.3 Å². The second-order valence-electron chi connectivity index (χ2n) is 5.01. The topological polar surface area (TPSA) is 30.5 Å². The number of aryl methyl sites for hydroxylation is 1. The molecule has 0 fully saturated rings. The van der Waals surface area contributed by atoms with Crippen LogP contribution in [0.25, 0.3) is 0 Å². The lowest BCUT2D eigenvalue weighted by atomic mass is 10.1. The quantitative estimate of drug-likeness (QED) is 0.702. The summed E-state index contributed by atoms with van der Waals surface area (Å²) in [5, 5.41) is 3.48. The molecular weight excluding hydrogens is 356 g/mol. The molecule has 0 saturated carbocycles. The maximum absolute atomic E-state index is 13.2. The van der Waals surface area contributed by atoms with E-state index in [1.165, 1.54) is 19.2 Å². The Morgan fingerprint density at radius 3 is 2.71 bits per heavy atom. The molecule has 1 N–H and O–H groups in total. The van der Waals surface area contributed by atoms with E-state index in [1.807, 2.05) is 0 Å². The van der Waals surface area contributed by atoms with Gasteiger partial charge in [0.15, 0.2) is 0 Å². The van der Waals surface area contributed by atoms with Gasteiger partial charge in [-0.2, -0.15) is 0 Å². The summed E-state index contributed by atoms with van der Waals surface area (Å²) >= 11 is 11.2. The Bertz CT molecular complexity index is 741. The summed E-state index contributed by atoms with van der Waals surface area (Å²) in [6.45, 7) is 1.76. The number of ether oxygens (including phenoxy) is 2. The number of alkyl halides is 2. The molecule has 0 amide bonds. The number of methoxy groups -OCH3 is 1. The largest absolute Gasteiger partial charge is 0.488 e. The highest BCUT2D eigenvalue weighted by Crippen LogP contribution is 2.32. The smallest absolute Gasteiger partial charge is 0.267 e. The fraction of sp³-hybridized carbons (Fsp3) is 0.235. The normalized spacial score (nSPS) is 10.6. The molecule has 0 spiro atoms. The van der Waals surface area contributed by atoms with Crippen molar-refractivity contribution in [3.63, 3.8) is 0 Å². The average Bonchev–Trinajstić information content (AvgIpc) is 2.55. The van der Waals surface area contributed by atoms with E-state index in [2.05, 4.69) is 5.32 Å². The van der Waals surface area contributed by atoms with Crippen molar-refractivity contribution in [3.8, 4) is 5.75 Å². The third kappa shape index (κ3) is 4.55. The van der Waals surface area contributed by atoms with E-state index in [9.17, 15) is 8.78 Å². The predicted octanol–water partition coefficient (Wildman–Crippen LogP) is 5.51. The van der Waals surface area contributed by atoms with E-state index >= 15 is 0 Å². The van der Waals surface area contributed by atoms with Gasteiger partial charge in [-0.15, -0.1) is 0 Å². The molecule has 24 heavy (non-hydrogen) atoms. The first-order chi connectivity index (χ1) is 11.4. The van der Waals surface area contributed by atoms with E-state index in [0.29, 0.717) is 16.3 Å². The number of thiocarbonyl (C=S) groups is 1. The van der Waals surface area contributed by atoms with Gasteiger partial charge in [0.25, 0.3) is 11.6 Å². The van der Waals surface area contributed by atoms with Gasteiger partial charge in [-0.1, -0.05) is 29.3 Å². The van der Waals surface area contributed by atoms with Crippen LogP contribution in [0.3, 0.4) is 0 Å². The van der Waals surface area contributed by atoms with E-state index in [4.69, 9.17) is 33.3 Å². The van der Waals surface area contributed by atoms with Crippen molar-refractivity contribution in [1.29, 1.82) is 0 Å². The van der Waals surface area contributed by atoms with Crippen molar-refractivity contribution in [2.24, 2.45) is 0 Å². The Morgan fingerprint density at radius 2 is 2.04 bits per heavy atom. The van der Waals surface area contributed by atoms with Crippen LogP contribution in [0.5, 0.6) is 5.75 Å². The number of rotatable bonds is 5. The molecule has 0 aromatic heterocycles. The van der Waals surface area contributed by atoms with Crippen molar-refractivity contribution in [2.75, 3.05) is 12.4 Å². The molecule has 0 bridgehead atoms. The van der Waals surface area contributed by atoms with Gasteiger partial charge in [0.2, 0.25) is 0 Å². The Balaban J connectivity index is 2.25. The molecule has 3 nitrogen and oxygen atoms in total. The summed E-state index contributed by atoms with van der Waals surface area (Å²) in [5.74, 6) is 0.121. The van der Waals surface area contributed by atoms with Crippen molar-refractivity contribution >= 4 is 34.7 Å². The van der Waals surface area contributed by atoms with Crippen LogP contribution < -0.4 is 10.1 Å². The van der Waals surface area contributed by atoms with Crippen LogP contribution in [0.2, 0.25) is 5.02 Å². The monoisotopic (exact) mass is 371 g/mol. The molecule has 0 atom stereocenters. The standard InChI is InChI=1S/C17H16ClF2NO2S/c1-10-6-7-15(11(8-10)16(19)20)23-9-12-13(18)4-3-5-14(12)21-17(24)22-2/h3-8,16H,9H2,1-2H3,(H,21,24). The van der Waals surface area contributed by atoms with Crippen molar-refractivity contribution in [3.05, 3.63) is 58.1 Å². The first kappa shape index (κ1) is 18.4. The Morgan fingerprint density at radius 1 is 1.29 bits per heavy atom. The average molecular weight is 372 g/mol. The van der Waals surface area contributed by atoms with E-state index < -0.39 is 6.43 Å². The van der Waals surface area contributed by atoms with Crippen LogP contribution in [0.15, 0.2) is 36.4 Å². The Hall–Kier alpha value is -1.92. The van der Waals surface area contributed by atoms with Crippen LogP contribution in [-0.2, 0) is 11.3 Å². The lowest BCUT2D eigenvalue weighted by Crippen LogP contribution is -2.13. The number of benzene rings is 2. The number of hydrogen-bond donors (Lipinski definition) is 1. The van der Waals surface area contributed by atoms with Gasteiger partial charge in [0, 0.05) is 16.3 Å². The molecule has 0 radical (unpaired) electrons. The fourth-order valence-corrected chi connectivity index (χ4v) is 2.44. The summed E-state index contributed by atoms with van der Waals surface area (Å²) in [6.07, 6.45) is -2.62. The number of halogens is 3. The summed E-state index contributed by atoms with van der Waals surface area (Å²) < 4.78 is 36.8. The number of anilines is 1. The maximum Gasteiger partial charge on any atom is 0.267 e. The van der Waals surface area contributed by atoms with Crippen LogP contribution in [-0.4, -0.2) is 12.3 Å². The second-order valence-corrected chi connectivity index (χ2v) is 5.79. The zero-order chi connectivity index (χ0) is 17.7. The van der Waals surface area contributed by atoms with Gasteiger partial charge in [0.05, 0.1) is 12.7 Å². The van der Waals surface area contributed by atoms with Gasteiger partial charge in [-0.25, -0.2) is 8.78 Å². The molecule has 0 saturated heterocycles. The Labute approximate surface area is 149 Å². The van der Waals surface area contributed by atoms with Gasteiger partial charge in [-0.05, 0) is 43.4 Å². The van der Waals surface area contributed by atoms with Crippen molar-refractivity contribution in [1.82, 2.24) is 0 Å². The molecule has 0 aliphatic carbocycles. The summed E-state index contributed by atoms with van der Waals surface area (Å²) in [6, 6.07) is 9.83. The Kier molecular flexibility index (Phi) is 6.34. The molecule has 0 aliphatic rings. The second kappa shape index (κ2) is 8.26. The molecule has 0 heterocycles. The van der Waals surface area contributed by atoms with E-state index in [-0.39, 0.29) is 23.1 Å². The zero-order valence-corrected chi connectivity index (χ0v) is 14.7. The SMILES string of the molecule is COC(=S)Nc1cccc(Cl)c1COc1ccc(C)cc1C(F)F. The molecule has 128 valence electrons. The summed E-state index contributed by atoms with van der Waals surface area (Å²) in [5.41, 5.74) is 1.78. The van der Waals surface area contributed by atoms with Crippen molar-refractivity contribution in [2.45, 2.75) is 20.0 Å². The zero-order valence-electron chi connectivity index (χ0n) is 13.1. The highest BCUT2D eigenvalue weighted by molar-refractivity contribution is 7.80. The van der Waals surface area contributed by atoms with E-state index in [1.54, 1.807) is 31.2 Å². The lowest BCUT2D eigenvalue weighted by molar-refractivity contribution is 0.144. The van der Waals surface area contributed by atoms with Gasteiger partial charge < -0.3 is 14.8 Å². The van der Waals surface area contributed by atoms with Crippen LogP contribution in [0, 0.1) is 6.92 Å². The number of nitrogens with one attached hydrogen (secondary N) is 1. The molecule has 2 aromatic carbocycles. The van der Waals surface area contributed by atoms with Gasteiger partial charge in [0.1, 0.15) is 12.4 Å². The fourth-order valence-electron chi connectivity index (χ4n) is 2.10. The van der Waals surface area contributed by atoms with Crippen LogP contribution >= 0.6 is 23.8 Å². The highest BCUT2D eigenvalue weighted by Gasteiger charge is 2.16. The molecule has 2 rings (SSSR count). The van der Waals surface area contributed by atoms with Crippen LogP contribution in [0.4, 0.5) is 14.5 Å². The predicted molar refractivity (Wildman–Crippen MR) is 95.1 cm³/mol. The minimum atomic E-state index is -2.62. The third-order valence-corrected chi connectivity index (χ3v) is 3.94. The first-order valence-corrected chi connectivity index (χ1v) is 7.85. The number of hydrogen-bond acceptors (Lipinski definition) is 3. The third-order valence-electron chi connectivity index (χ3n) is 3.31. The molecule has 0 aliphatic heterocycles. The molecule has 7 heteroatoms. The minimum absolute atomic E-state index is 0.0110. The van der Waals surface area contributed by atoms with Gasteiger partial charge in [-0.3, -0.25) is 0 Å². The summed E-state index contributed by atoms with van der Waals surface area (Å²) in [7, 11) is 1.44. The maximum atomic E-state index is 13.2. The molecule has 2 aromatic rings. The summed E-state index contributed by atoms with van der Waals surface area (Å²) in [4.78, 5) is 0. The first-order valence-electron chi connectivity index (χ1n) is 7.06. The molecular formula is C17H16ClF2NO2S. The molecule has 0 unspecified atom stereocenters. The lowest BCUT2D eigenvalue weighted by Gasteiger charge is -2.16. The highest BCUT2D eigenvalue weighted by atomic mass is 35.5.